The van der Waals surface area contributed by atoms with Gasteiger partial charge in [0.25, 0.3) is 0 Å². The number of hydrogen-bond acceptors (Lipinski definition) is 2. The summed E-state index contributed by atoms with van der Waals surface area (Å²) in [7, 11) is 1.74. The number of aliphatic carboxylic acids is 1. The smallest absolute Gasteiger partial charge is 0.323 e. The summed E-state index contributed by atoms with van der Waals surface area (Å²) in [4.78, 5) is 11.3. The Morgan fingerprint density at radius 2 is 1.57 bits per heavy atom. The lowest BCUT2D eigenvalue weighted by atomic mass is 9.82. The summed E-state index contributed by atoms with van der Waals surface area (Å²) in [5, 5.41) is 12.2. The van der Waals surface area contributed by atoms with Crippen LogP contribution in [0.25, 0.3) is 0 Å². The van der Waals surface area contributed by atoms with Crippen molar-refractivity contribution in [3.8, 4) is 0 Å². The predicted octanol–water partition coefficient (Wildman–Crippen LogP) is 2.12. The molecule has 14 heavy (non-hydrogen) atoms. The van der Waals surface area contributed by atoms with Crippen LogP contribution >= 0.6 is 0 Å². The molecule has 0 amide bonds. The molecule has 84 valence electrons. The lowest BCUT2D eigenvalue weighted by Gasteiger charge is -2.32. The molecule has 0 aliphatic carbocycles. The summed E-state index contributed by atoms with van der Waals surface area (Å²) in [6, 6.07) is 0. The van der Waals surface area contributed by atoms with Crippen LogP contribution in [0.4, 0.5) is 0 Å². The van der Waals surface area contributed by atoms with Gasteiger partial charge in [0, 0.05) is 0 Å². The van der Waals surface area contributed by atoms with Crippen molar-refractivity contribution in [3.63, 3.8) is 0 Å². The lowest BCUT2D eigenvalue weighted by molar-refractivity contribution is -0.146. The zero-order valence-corrected chi connectivity index (χ0v) is 9.92. The first kappa shape index (κ1) is 13.4. The van der Waals surface area contributed by atoms with E-state index in [1.54, 1.807) is 7.05 Å². The number of carboxylic acid groups (broad SMARTS) is 1. The first-order valence-corrected chi connectivity index (χ1v) is 5.26. The first-order valence-electron chi connectivity index (χ1n) is 5.26. The molecule has 0 aromatic carbocycles. The summed E-state index contributed by atoms with van der Waals surface area (Å²) >= 11 is 0. The minimum absolute atomic E-state index is 0.386. The molecular formula is C11H23NO2. The summed E-state index contributed by atoms with van der Waals surface area (Å²) in [5.74, 6) is 0.0389. The highest BCUT2D eigenvalue weighted by molar-refractivity contribution is 5.78. The monoisotopic (exact) mass is 201 g/mol. The highest BCUT2D eigenvalue weighted by Gasteiger charge is 2.37. The molecule has 0 aliphatic heterocycles. The van der Waals surface area contributed by atoms with Gasteiger partial charge in [-0.2, -0.15) is 0 Å². The van der Waals surface area contributed by atoms with E-state index in [-0.39, 0.29) is 0 Å². The van der Waals surface area contributed by atoms with Crippen molar-refractivity contribution >= 4 is 5.97 Å². The quantitative estimate of drug-likeness (QED) is 0.692. The van der Waals surface area contributed by atoms with Gasteiger partial charge >= 0.3 is 5.97 Å². The average Bonchev–Trinajstić information content (AvgIpc) is 2.00. The van der Waals surface area contributed by atoms with E-state index >= 15 is 0 Å². The Hall–Kier alpha value is -0.570. The summed E-state index contributed by atoms with van der Waals surface area (Å²) < 4.78 is 0. The van der Waals surface area contributed by atoms with Gasteiger partial charge in [0.1, 0.15) is 5.54 Å². The normalized spacial score (nSPS) is 12.5. The van der Waals surface area contributed by atoms with Gasteiger partial charge in [-0.3, -0.25) is 4.79 Å². The van der Waals surface area contributed by atoms with Crippen molar-refractivity contribution in [3.05, 3.63) is 0 Å². The molecule has 3 nitrogen and oxygen atoms in total. The van der Waals surface area contributed by atoms with Crippen molar-refractivity contribution in [1.82, 2.24) is 5.32 Å². The number of carboxylic acids is 1. The fourth-order valence-corrected chi connectivity index (χ4v) is 1.96. The lowest BCUT2D eigenvalue weighted by Crippen LogP contribution is -2.52. The molecular weight excluding hydrogens is 178 g/mol. The van der Waals surface area contributed by atoms with Crippen molar-refractivity contribution in [2.75, 3.05) is 7.05 Å². The van der Waals surface area contributed by atoms with Crippen LogP contribution in [0.15, 0.2) is 0 Å². The summed E-state index contributed by atoms with van der Waals surface area (Å²) in [5.41, 5.74) is -0.748. The zero-order chi connectivity index (χ0) is 11.4. The molecule has 2 N–H and O–H groups in total. The second-order valence-electron chi connectivity index (χ2n) is 4.83. The van der Waals surface area contributed by atoms with Crippen LogP contribution in [0.2, 0.25) is 0 Å². The van der Waals surface area contributed by atoms with E-state index in [2.05, 4.69) is 33.0 Å². The molecule has 0 aromatic heterocycles. The van der Waals surface area contributed by atoms with E-state index < -0.39 is 11.5 Å². The summed E-state index contributed by atoms with van der Waals surface area (Å²) in [6.45, 7) is 8.20. The second-order valence-corrected chi connectivity index (χ2v) is 4.83. The third-order valence-corrected chi connectivity index (χ3v) is 2.40. The van der Waals surface area contributed by atoms with E-state index in [0.29, 0.717) is 24.7 Å². The molecule has 0 saturated carbocycles. The van der Waals surface area contributed by atoms with Crippen molar-refractivity contribution in [1.29, 1.82) is 0 Å². The van der Waals surface area contributed by atoms with Crippen LogP contribution in [0.5, 0.6) is 0 Å². The van der Waals surface area contributed by atoms with Crippen molar-refractivity contribution in [2.24, 2.45) is 11.8 Å². The number of nitrogens with one attached hydrogen (secondary N) is 1. The second kappa shape index (κ2) is 5.35. The Bertz CT molecular complexity index is 178. The molecule has 0 aromatic rings. The molecule has 3 heteroatoms. The van der Waals surface area contributed by atoms with E-state index in [0.717, 1.165) is 0 Å². The molecule has 0 spiro atoms. The van der Waals surface area contributed by atoms with Gasteiger partial charge in [0.2, 0.25) is 0 Å². The zero-order valence-electron chi connectivity index (χ0n) is 9.92. The van der Waals surface area contributed by atoms with Crippen LogP contribution in [-0.4, -0.2) is 23.7 Å². The van der Waals surface area contributed by atoms with Crippen LogP contribution in [0, 0.1) is 11.8 Å². The molecule has 0 radical (unpaired) electrons. The van der Waals surface area contributed by atoms with Gasteiger partial charge in [-0.25, -0.2) is 0 Å². The predicted molar refractivity (Wildman–Crippen MR) is 58.3 cm³/mol. The third-order valence-electron chi connectivity index (χ3n) is 2.40. The third kappa shape index (κ3) is 3.66. The molecule has 0 bridgehead atoms. The average molecular weight is 201 g/mol. The van der Waals surface area contributed by atoms with Crippen molar-refractivity contribution < 1.29 is 9.90 Å². The Morgan fingerprint density at radius 3 is 1.71 bits per heavy atom. The van der Waals surface area contributed by atoms with Gasteiger partial charge in [0.05, 0.1) is 0 Å². The fraction of sp³-hybridized carbons (Fsp3) is 0.909. The minimum Gasteiger partial charge on any atom is -0.480 e. The van der Waals surface area contributed by atoms with Gasteiger partial charge in [0.15, 0.2) is 0 Å². The van der Waals surface area contributed by atoms with Crippen LogP contribution in [-0.2, 0) is 4.79 Å². The molecule has 0 atom stereocenters. The van der Waals surface area contributed by atoms with E-state index in [1.807, 2.05) is 0 Å². The largest absolute Gasteiger partial charge is 0.480 e. The van der Waals surface area contributed by atoms with Crippen molar-refractivity contribution in [2.45, 2.75) is 46.1 Å². The Kier molecular flexibility index (Phi) is 5.13. The maximum atomic E-state index is 11.3. The Morgan fingerprint density at radius 1 is 1.21 bits per heavy atom. The number of likely N-dealkylation sites (N-methyl/N-ethyl adjacent to an activating group) is 1. The number of carbonyl (C=O) groups is 1. The van der Waals surface area contributed by atoms with E-state index in [1.165, 1.54) is 0 Å². The number of hydrogen-bond donors (Lipinski definition) is 2. The molecule has 0 heterocycles. The van der Waals surface area contributed by atoms with Gasteiger partial charge in [-0.05, 0) is 31.7 Å². The van der Waals surface area contributed by atoms with Crippen LogP contribution in [0.1, 0.15) is 40.5 Å². The SMILES string of the molecule is CNC(CC(C)C)(CC(C)C)C(=O)O. The molecule has 0 fully saturated rings. The molecule has 0 unspecified atom stereocenters. The minimum atomic E-state index is -0.748. The maximum absolute atomic E-state index is 11.3. The molecule has 0 rings (SSSR count). The Labute approximate surface area is 86.9 Å². The topological polar surface area (TPSA) is 49.3 Å². The van der Waals surface area contributed by atoms with E-state index in [9.17, 15) is 9.90 Å². The van der Waals surface area contributed by atoms with Crippen LogP contribution in [0.3, 0.4) is 0 Å². The molecule has 0 aliphatic rings. The highest BCUT2D eigenvalue weighted by Crippen LogP contribution is 2.24. The van der Waals surface area contributed by atoms with Crippen LogP contribution < -0.4 is 5.32 Å². The first-order chi connectivity index (χ1) is 6.34. The van der Waals surface area contributed by atoms with Gasteiger partial charge in [-0.1, -0.05) is 27.7 Å². The standard InChI is InChI=1S/C11H23NO2/c1-8(2)6-11(12-5,10(13)14)7-9(3)4/h8-9,12H,6-7H2,1-5H3,(H,13,14). The summed E-state index contributed by atoms with van der Waals surface area (Å²) in [6.07, 6.45) is 1.36. The van der Waals surface area contributed by atoms with Gasteiger partial charge in [-0.15, -0.1) is 0 Å². The maximum Gasteiger partial charge on any atom is 0.323 e. The highest BCUT2D eigenvalue weighted by atomic mass is 16.4. The fourth-order valence-electron chi connectivity index (χ4n) is 1.96. The van der Waals surface area contributed by atoms with E-state index in [4.69, 9.17) is 0 Å². The number of rotatable bonds is 6. The van der Waals surface area contributed by atoms with Gasteiger partial charge < -0.3 is 10.4 Å². The molecule has 0 saturated heterocycles. The Balaban J connectivity index is 4.69.